The van der Waals surface area contributed by atoms with E-state index >= 15 is 0 Å². The number of anilines is 2. The van der Waals surface area contributed by atoms with Gasteiger partial charge >= 0.3 is 0 Å². The zero-order chi connectivity index (χ0) is 24.9. The van der Waals surface area contributed by atoms with Crippen molar-refractivity contribution in [3.63, 3.8) is 0 Å². The number of carbonyl (C=O) groups is 1. The highest BCUT2D eigenvalue weighted by Gasteiger charge is 2.29. The number of nitrogens with zero attached hydrogens (tertiary/aromatic N) is 5. The van der Waals surface area contributed by atoms with Gasteiger partial charge in [0.05, 0.1) is 6.54 Å². The first-order valence-electron chi connectivity index (χ1n) is 11.1. The summed E-state index contributed by atoms with van der Waals surface area (Å²) in [6.07, 6.45) is 7.57. The summed E-state index contributed by atoms with van der Waals surface area (Å²) in [7, 11) is 0. The minimum absolute atomic E-state index is 0.137. The van der Waals surface area contributed by atoms with Crippen molar-refractivity contribution < 1.29 is 4.79 Å². The van der Waals surface area contributed by atoms with Crippen LogP contribution in [-0.4, -0.2) is 28.4 Å². The molecule has 4 aromatic rings. The number of nitrogens with one attached hydrogen (secondary N) is 2. The highest BCUT2D eigenvalue weighted by Crippen LogP contribution is 2.37. The van der Waals surface area contributed by atoms with Gasteiger partial charge in [-0.25, -0.2) is 9.98 Å². The van der Waals surface area contributed by atoms with E-state index in [2.05, 4.69) is 31.7 Å². The van der Waals surface area contributed by atoms with Crippen molar-refractivity contribution >= 4 is 46.2 Å². The van der Waals surface area contributed by atoms with Crippen molar-refractivity contribution in [2.75, 3.05) is 16.8 Å². The van der Waals surface area contributed by atoms with Crippen LogP contribution in [0.15, 0.2) is 78.2 Å². The van der Waals surface area contributed by atoms with Crippen LogP contribution in [-0.2, 0) is 13.0 Å². The first-order valence-corrected chi connectivity index (χ1v) is 12.3. The number of rotatable bonds is 5. The van der Waals surface area contributed by atoms with E-state index in [-0.39, 0.29) is 12.5 Å². The Kier molecular flexibility index (Phi) is 6.89. The van der Waals surface area contributed by atoms with Crippen molar-refractivity contribution in [1.82, 2.24) is 15.3 Å². The zero-order valence-electron chi connectivity index (χ0n) is 19.0. The minimum atomic E-state index is -0.137. The topological polar surface area (TPSA) is 106 Å². The fraction of sp³-hybridized carbons (Fsp3) is 0.115. The molecule has 8 nitrogen and oxygen atoms in total. The lowest BCUT2D eigenvalue weighted by Gasteiger charge is -2.16. The minimum Gasteiger partial charge on any atom is -0.325 e. The van der Waals surface area contributed by atoms with Gasteiger partial charge in [0.25, 0.3) is 5.91 Å². The first kappa shape index (κ1) is 23.5. The molecule has 0 fully saturated rings. The molecule has 5 rings (SSSR count). The molecule has 0 unspecified atom stereocenters. The Labute approximate surface area is 216 Å². The molecule has 0 bridgehead atoms. The molecular formula is C26H20ClN7OS. The molecule has 0 saturated heterocycles. The van der Waals surface area contributed by atoms with Gasteiger partial charge in [0.2, 0.25) is 5.96 Å². The Morgan fingerprint density at radius 3 is 2.83 bits per heavy atom. The van der Waals surface area contributed by atoms with Gasteiger partial charge in [0, 0.05) is 46.4 Å². The predicted molar refractivity (Wildman–Crippen MR) is 142 cm³/mol. The number of halogens is 1. The third kappa shape index (κ3) is 5.05. The second-order valence-corrected chi connectivity index (χ2v) is 9.47. The number of benzene rings is 2. The molecular weight excluding hydrogens is 494 g/mol. The Balaban J connectivity index is 1.32. The van der Waals surface area contributed by atoms with Crippen LogP contribution in [0.4, 0.5) is 11.4 Å². The summed E-state index contributed by atoms with van der Waals surface area (Å²) in [4.78, 5) is 28.7. The normalized spacial score (nSPS) is 12.7. The van der Waals surface area contributed by atoms with Crippen molar-refractivity contribution in [2.45, 2.75) is 13.0 Å². The van der Waals surface area contributed by atoms with Crippen LogP contribution in [0.2, 0.25) is 5.02 Å². The van der Waals surface area contributed by atoms with Gasteiger partial charge in [-0.1, -0.05) is 35.9 Å². The molecule has 10 heteroatoms. The van der Waals surface area contributed by atoms with Crippen LogP contribution in [0.1, 0.15) is 20.2 Å². The summed E-state index contributed by atoms with van der Waals surface area (Å²) in [6.45, 7) is 0.855. The molecule has 36 heavy (non-hydrogen) atoms. The number of nitriles is 1. The molecule has 0 spiro atoms. The number of aliphatic imine (C=N–C) groups is 1. The number of hydrogen-bond acceptors (Lipinski definition) is 6. The molecule has 0 atom stereocenters. The number of carbonyl (C=O) groups excluding carboxylic acids is 1. The van der Waals surface area contributed by atoms with E-state index in [9.17, 15) is 4.79 Å². The van der Waals surface area contributed by atoms with Crippen LogP contribution >= 0.6 is 22.9 Å². The second-order valence-electron chi connectivity index (χ2n) is 7.91. The van der Waals surface area contributed by atoms with Crippen LogP contribution in [0.25, 0.3) is 11.1 Å². The quantitative estimate of drug-likeness (QED) is 0.166. The first-order chi connectivity index (χ1) is 17.6. The average molecular weight is 514 g/mol. The van der Waals surface area contributed by atoms with Gasteiger partial charge in [-0.15, -0.1) is 11.3 Å². The standard InChI is InChI=1S/C26H20ClN7OS/c27-18-4-1-3-17(13-18)21-5-2-6-23-22(21)9-12-34(23)25(35)24-30-14-20(36-24)15-31-26(32-16-28)33-19-7-10-29-11-8-19/h1-8,10-11,13-14H,9,12,15H2,(H2,29,31,32,33). The Morgan fingerprint density at radius 2 is 2.03 bits per heavy atom. The van der Waals surface area contributed by atoms with Crippen molar-refractivity contribution in [3.05, 3.63) is 93.7 Å². The number of pyridine rings is 1. The van der Waals surface area contributed by atoms with Crippen molar-refractivity contribution in [1.29, 1.82) is 5.26 Å². The summed E-state index contributed by atoms with van der Waals surface area (Å²) in [5.74, 6) is 0.162. The lowest BCUT2D eigenvalue weighted by molar-refractivity contribution is 0.0989. The van der Waals surface area contributed by atoms with Crippen molar-refractivity contribution in [3.8, 4) is 17.3 Å². The van der Waals surface area contributed by atoms with Crippen LogP contribution in [0.5, 0.6) is 0 Å². The Bertz CT molecular complexity index is 1480. The summed E-state index contributed by atoms with van der Waals surface area (Å²) >= 11 is 7.50. The van der Waals surface area contributed by atoms with E-state index in [1.807, 2.05) is 42.6 Å². The maximum Gasteiger partial charge on any atom is 0.287 e. The van der Waals surface area contributed by atoms with Gasteiger partial charge in [0.1, 0.15) is 0 Å². The summed E-state index contributed by atoms with van der Waals surface area (Å²) in [5.41, 5.74) is 4.89. The molecule has 0 saturated carbocycles. The fourth-order valence-corrected chi connectivity index (χ4v) is 5.03. The van der Waals surface area contributed by atoms with Gasteiger partial charge in [-0.2, -0.15) is 5.26 Å². The number of fused-ring (bicyclic) bond motifs is 1. The van der Waals surface area contributed by atoms with Gasteiger partial charge in [-0.3, -0.25) is 15.1 Å². The van der Waals surface area contributed by atoms with Crippen LogP contribution in [0.3, 0.4) is 0 Å². The monoisotopic (exact) mass is 513 g/mol. The third-order valence-corrected chi connectivity index (χ3v) is 6.86. The van der Waals surface area contributed by atoms with Gasteiger partial charge in [0.15, 0.2) is 11.2 Å². The lowest BCUT2D eigenvalue weighted by atomic mass is 9.98. The Hall–Kier alpha value is -4.26. The molecule has 2 N–H and O–H groups in total. The number of hydrogen-bond donors (Lipinski definition) is 2. The maximum atomic E-state index is 13.3. The van der Waals surface area contributed by atoms with E-state index in [1.54, 1.807) is 35.6 Å². The molecule has 178 valence electrons. The van der Waals surface area contributed by atoms with Crippen LogP contribution < -0.4 is 15.5 Å². The number of guanidine groups is 1. The van der Waals surface area contributed by atoms with Gasteiger partial charge in [-0.05, 0) is 53.4 Å². The zero-order valence-corrected chi connectivity index (χ0v) is 20.6. The average Bonchev–Trinajstić information content (AvgIpc) is 3.55. The third-order valence-electron chi connectivity index (χ3n) is 5.66. The number of amides is 1. The van der Waals surface area contributed by atoms with Gasteiger partial charge < -0.3 is 10.2 Å². The lowest BCUT2D eigenvalue weighted by Crippen LogP contribution is -2.28. The fourth-order valence-electron chi connectivity index (χ4n) is 4.06. The van der Waals surface area contributed by atoms with Crippen LogP contribution in [0, 0.1) is 11.5 Å². The predicted octanol–water partition coefficient (Wildman–Crippen LogP) is 5.10. The second kappa shape index (κ2) is 10.6. The summed E-state index contributed by atoms with van der Waals surface area (Å²) in [6, 6.07) is 17.3. The van der Waals surface area contributed by atoms with Crippen molar-refractivity contribution in [2.24, 2.45) is 4.99 Å². The van der Waals surface area contributed by atoms with E-state index in [0.717, 1.165) is 39.4 Å². The van der Waals surface area contributed by atoms with E-state index < -0.39 is 0 Å². The smallest absolute Gasteiger partial charge is 0.287 e. The number of thiazole rings is 1. The highest BCUT2D eigenvalue weighted by molar-refractivity contribution is 7.13. The molecule has 1 amide bonds. The largest absolute Gasteiger partial charge is 0.325 e. The number of aromatic nitrogens is 2. The van der Waals surface area contributed by atoms with E-state index in [1.165, 1.54) is 11.3 Å². The molecule has 3 heterocycles. The summed E-state index contributed by atoms with van der Waals surface area (Å²) < 4.78 is 0. The molecule has 2 aromatic carbocycles. The molecule has 2 aromatic heterocycles. The maximum absolute atomic E-state index is 13.3. The summed E-state index contributed by atoms with van der Waals surface area (Å²) in [5, 5.41) is 15.7. The highest BCUT2D eigenvalue weighted by atomic mass is 35.5. The molecule has 0 radical (unpaired) electrons. The molecule has 1 aliphatic heterocycles. The molecule has 1 aliphatic rings. The molecule has 0 aliphatic carbocycles. The van der Waals surface area contributed by atoms with E-state index in [0.29, 0.717) is 22.5 Å². The SMILES string of the molecule is N#CNC(=NCc1cnc(C(=O)N2CCc3c(-c4cccc(Cl)c4)cccc32)s1)Nc1ccncc1. The Morgan fingerprint density at radius 1 is 1.19 bits per heavy atom. The van der Waals surface area contributed by atoms with E-state index in [4.69, 9.17) is 16.9 Å².